The Morgan fingerprint density at radius 3 is 2.21 bits per heavy atom. The van der Waals surface area contributed by atoms with E-state index in [2.05, 4.69) is 11.9 Å². The summed E-state index contributed by atoms with van der Waals surface area (Å²) in [5, 5.41) is 2.80. The molecule has 2 aromatic rings. The molecule has 0 saturated carbocycles. The van der Waals surface area contributed by atoms with Crippen LogP contribution < -0.4 is 5.32 Å². The summed E-state index contributed by atoms with van der Waals surface area (Å²) in [6, 6.07) is 18.3. The molecular formula is C20H22N2O2. The number of rotatable bonds is 7. The van der Waals surface area contributed by atoms with E-state index in [1.807, 2.05) is 60.7 Å². The van der Waals surface area contributed by atoms with Gasteiger partial charge in [-0.15, -0.1) is 6.58 Å². The summed E-state index contributed by atoms with van der Waals surface area (Å²) in [5.74, 6) is -0.367. The van der Waals surface area contributed by atoms with Crippen LogP contribution in [0.4, 0.5) is 0 Å². The van der Waals surface area contributed by atoms with Gasteiger partial charge in [0.15, 0.2) is 0 Å². The minimum atomic E-state index is -0.677. The third kappa shape index (κ3) is 4.56. The van der Waals surface area contributed by atoms with E-state index >= 15 is 0 Å². The maximum Gasteiger partial charge on any atom is 0.247 e. The number of hydrogen-bond donors (Lipinski definition) is 1. The van der Waals surface area contributed by atoms with Crippen molar-refractivity contribution >= 4 is 11.8 Å². The van der Waals surface area contributed by atoms with Crippen molar-refractivity contribution in [3.8, 4) is 0 Å². The van der Waals surface area contributed by atoms with Crippen LogP contribution in [0.3, 0.4) is 0 Å². The first-order valence-electron chi connectivity index (χ1n) is 7.88. The topological polar surface area (TPSA) is 49.4 Å². The molecule has 0 bridgehead atoms. The van der Waals surface area contributed by atoms with Crippen molar-refractivity contribution in [2.45, 2.75) is 19.5 Å². The first-order valence-corrected chi connectivity index (χ1v) is 7.88. The predicted octanol–water partition coefficient (Wildman–Crippen LogP) is 3.08. The van der Waals surface area contributed by atoms with Crippen molar-refractivity contribution in [2.75, 3.05) is 6.54 Å². The van der Waals surface area contributed by atoms with Gasteiger partial charge in [-0.2, -0.15) is 0 Å². The lowest BCUT2D eigenvalue weighted by molar-refractivity contribution is -0.139. The van der Waals surface area contributed by atoms with E-state index in [0.717, 1.165) is 11.1 Å². The third-order valence-electron chi connectivity index (χ3n) is 3.70. The second-order valence-electron chi connectivity index (χ2n) is 5.48. The van der Waals surface area contributed by atoms with Crippen LogP contribution in [-0.2, 0) is 16.1 Å². The molecule has 0 fully saturated rings. The maximum absolute atomic E-state index is 12.7. The number of nitrogens with one attached hydrogen (secondary N) is 1. The lowest BCUT2D eigenvalue weighted by atomic mass is 10.0. The largest absolute Gasteiger partial charge is 0.351 e. The molecule has 1 N–H and O–H groups in total. The lowest BCUT2D eigenvalue weighted by Crippen LogP contribution is -2.42. The zero-order valence-electron chi connectivity index (χ0n) is 13.8. The van der Waals surface area contributed by atoms with Crippen molar-refractivity contribution in [3.63, 3.8) is 0 Å². The summed E-state index contributed by atoms with van der Waals surface area (Å²) in [6.07, 6.45) is 1.62. The summed E-state index contributed by atoms with van der Waals surface area (Å²) in [6.45, 7) is 5.84. The molecule has 0 spiro atoms. The molecule has 4 nitrogen and oxygen atoms in total. The van der Waals surface area contributed by atoms with E-state index in [4.69, 9.17) is 0 Å². The van der Waals surface area contributed by atoms with Gasteiger partial charge in [0.2, 0.25) is 11.8 Å². The van der Waals surface area contributed by atoms with Crippen LogP contribution in [0.5, 0.6) is 0 Å². The van der Waals surface area contributed by atoms with Gasteiger partial charge in [-0.05, 0) is 11.1 Å². The fraction of sp³-hybridized carbons (Fsp3) is 0.200. The van der Waals surface area contributed by atoms with Crippen molar-refractivity contribution in [1.82, 2.24) is 10.2 Å². The van der Waals surface area contributed by atoms with Crippen molar-refractivity contribution in [3.05, 3.63) is 84.4 Å². The van der Waals surface area contributed by atoms with Gasteiger partial charge < -0.3 is 10.2 Å². The molecule has 1 unspecified atom stereocenters. The lowest BCUT2D eigenvalue weighted by Gasteiger charge is -2.30. The summed E-state index contributed by atoms with van der Waals surface area (Å²) in [7, 11) is 0. The van der Waals surface area contributed by atoms with Gasteiger partial charge in [-0.3, -0.25) is 9.59 Å². The van der Waals surface area contributed by atoms with Gasteiger partial charge in [0.25, 0.3) is 0 Å². The molecule has 124 valence electrons. The number of carbonyl (C=O) groups excluding carboxylic acids is 2. The molecule has 2 amide bonds. The Bertz CT molecular complexity index is 683. The normalized spacial score (nSPS) is 11.4. The van der Waals surface area contributed by atoms with Gasteiger partial charge in [0, 0.05) is 20.0 Å². The van der Waals surface area contributed by atoms with Gasteiger partial charge >= 0.3 is 0 Å². The number of hydrogen-bond acceptors (Lipinski definition) is 2. The van der Waals surface area contributed by atoms with E-state index in [9.17, 15) is 9.59 Å². The zero-order valence-corrected chi connectivity index (χ0v) is 13.8. The smallest absolute Gasteiger partial charge is 0.247 e. The second-order valence-corrected chi connectivity index (χ2v) is 5.48. The summed E-state index contributed by atoms with van der Waals surface area (Å²) in [4.78, 5) is 26.5. The fourth-order valence-corrected chi connectivity index (χ4v) is 2.54. The average Bonchev–Trinajstić information content (AvgIpc) is 2.61. The first kappa shape index (κ1) is 17.5. The maximum atomic E-state index is 12.7. The average molecular weight is 322 g/mol. The Morgan fingerprint density at radius 1 is 1.08 bits per heavy atom. The zero-order chi connectivity index (χ0) is 17.4. The van der Waals surface area contributed by atoms with Crippen LogP contribution in [-0.4, -0.2) is 23.3 Å². The molecule has 0 heterocycles. The SMILES string of the molecule is C=CCNC(=O)C(c1ccccc1)N(Cc1ccccc1)C(C)=O. The number of nitrogens with zero attached hydrogens (tertiary/aromatic N) is 1. The highest BCUT2D eigenvalue weighted by Crippen LogP contribution is 2.23. The molecule has 2 rings (SSSR count). The number of carbonyl (C=O) groups is 2. The third-order valence-corrected chi connectivity index (χ3v) is 3.70. The summed E-state index contributed by atoms with van der Waals surface area (Å²) < 4.78 is 0. The predicted molar refractivity (Wildman–Crippen MR) is 95.1 cm³/mol. The molecule has 2 aromatic carbocycles. The van der Waals surface area contributed by atoms with Gasteiger partial charge in [-0.25, -0.2) is 0 Å². The Labute approximate surface area is 142 Å². The summed E-state index contributed by atoms with van der Waals surface area (Å²) in [5.41, 5.74) is 1.76. The minimum Gasteiger partial charge on any atom is -0.351 e. The molecule has 24 heavy (non-hydrogen) atoms. The second kappa shape index (κ2) is 8.67. The van der Waals surface area contributed by atoms with Crippen LogP contribution in [0.2, 0.25) is 0 Å². The molecule has 0 radical (unpaired) electrons. The highest BCUT2D eigenvalue weighted by Gasteiger charge is 2.29. The highest BCUT2D eigenvalue weighted by molar-refractivity contribution is 5.88. The number of benzene rings is 2. The molecule has 0 aliphatic heterocycles. The Morgan fingerprint density at radius 2 is 1.67 bits per heavy atom. The standard InChI is InChI=1S/C20H22N2O2/c1-3-14-21-20(24)19(18-12-8-5-9-13-18)22(16(2)23)15-17-10-6-4-7-11-17/h3-13,19H,1,14-15H2,2H3,(H,21,24). The molecule has 0 aliphatic rings. The van der Waals surface area contributed by atoms with Gasteiger partial charge in [0.05, 0.1) is 0 Å². The van der Waals surface area contributed by atoms with E-state index in [1.54, 1.807) is 11.0 Å². The molecular weight excluding hydrogens is 300 g/mol. The first-order chi connectivity index (χ1) is 11.6. The van der Waals surface area contributed by atoms with E-state index in [-0.39, 0.29) is 11.8 Å². The molecule has 1 atom stereocenters. The molecule has 0 aliphatic carbocycles. The van der Waals surface area contributed by atoms with Crippen LogP contribution >= 0.6 is 0 Å². The quantitative estimate of drug-likeness (QED) is 0.797. The van der Waals surface area contributed by atoms with Gasteiger partial charge in [0.1, 0.15) is 6.04 Å². The molecule has 0 saturated heterocycles. The van der Waals surface area contributed by atoms with E-state index in [1.165, 1.54) is 6.92 Å². The Balaban J connectivity index is 2.35. The summed E-state index contributed by atoms with van der Waals surface area (Å²) >= 11 is 0. The Hall–Kier alpha value is -2.88. The van der Waals surface area contributed by atoms with Crippen molar-refractivity contribution in [2.24, 2.45) is 0 Å². The van der Waals surface area contributed by atoms with E-state index < -0.39 is 6.04 Å². The van der Waals surface area contributed by atoms with Crippen LogP contribution in [0.15, 0.2) is 73.3 Å². The van der Waals surface area contributed by atoms with Crippen LogP contribution in [0.25, 0.3) is 0 Å². The monoisotopic (exact) mass is 322 g/mol. The van der Waals surface area contributed by atoms with Crippen LogP contribution in [0, 0.1) is 0 Å². The Kier molecular flexibility index (Phi) is 6.32. The minimum absolute atomic E-state index is 0.151. The molecule has 0 aromatic heterocycles. The van der Waals surface area contributed by atoms with Crippen molar-refractivity contribution in [1.29, 1.82) is 0 Å². The highest BCUT2D eigenvalue weighted by atomic mass is 16.2. The van der Waals surface area contributed by atoms with Gasteiger partial charge in [-0.1, -0.05) is 66.7 Å². The van der Waals surface area contributed by atoms with Crippen molar-refractivity contribution < 1.29 is 9.59 Å². The fourth-order valence-electron chi connectivity index (χ4n) is 2.54. The molecule has 4 heteroatoms. The van der Waals surface area contributed by atoms with E-state index in [0.29, 0.717) is 13.1 Å². The van der Waals surface area contributed by atoms with Crippen LogP contribution in [0.1, 0.15) is 24.1 Å². The number of amides is 2.